The Kier molecular flexibility index (Phi) is 6.45. The maximum absolute atomic E-state index is 12.0. The maximum atomic E-state index is 12.0. The van der Waals surface area contributed by atoms with Crippen molar-refractivity contribution in [2.24, 2.45) is 0 Å². The number of rotatable bonds is 3. The number of hydrogen-bond donors (Lipinski definition) is 1. The highest BCUT2D eigenvalue weighted by molar-refractivity contribution is 9.10. The minimum atomic E-state index is 0. The zero-order valence-electron chi connectivity index (χ0n) is 9.37. The Morgan fingerprint density at radius 3 is 2.31 bits per heavy atom. The molecule has 1 aromatic carbocycles. The van der Waals surface area contributed by atoms with Crippen LogP contribution in [0, 0.1) is 0 Å². The van der Waals surface area contributed by atoms with E-state index >= 15 is 0 Å². The quantitative estimate of drug-likeness (QED) is 0.873. The molecule has 0 atom stereocenters. The molecule has 1 rings (SSSR count). The molecule has 2 N–H and O–H groups in total. The molecule has 0 spiro atoms. The molecule has 5 heteroatoms. The Morgan fingerprint density at radius 1 is 1.31 bits per heavy atom. The van der Waals surface area contributed by atoms with Gasteiger partial charge in [0.1, 0.15) is 0 Å². The van der Waals surface area contributed by atoms with Gasteiger partial charge in [0.15, 0.2) is 0 Å². The summed E-state index contributed by atoms with van der Waals surface area (Å²) in [5, 5.41) is 0. The standard InChI is InChI=1S/C11H15BrN2O.ClH/c1-3-14(4-2)11(15)8-5-9(12)7-10(13)6-8;/h5-7H,3-4,13H2,1-2H3;1H. The van der Waals surface area contributed by atoms with Crippen molar-refractivity contribution in [3.8, 4) is 0 Å². The van der Waals surface area contributed by atoms with Crippen LogP contribution in [0.2, 0.25) is 0 Å². The normalized spacial score (nSPS) is 9.44. The summed E-state index contributed by atoms with van der Waals surface area (Å²) in [4.78, 5) is 13.7. The van der Waals surface area contributed by atoms with Gasteiger partial charge in [-0.2, -0.15) is 0 Å². The van der Waals surface area contributed by atoms with Gasteiger partial charge in [-0.3, -0.25) is 4.79 Å². The van der Waals surface area contributed by atoms with Crippen LogP contribution in [0.25, 0.3) is 0 Å². The van der Waals surface area contributed by atoms with E-state index in [1.165, 1.54) is 0 Å². The Balaban J connectivity index is 0.00000225. The number of carbonyl (C=O) groups excluding carboxylic acids is 1. The van der Waals surface area contributed by atoms with Gasteiger partial charge in [0.25, 0.3) is 5.91 Å². The number of nitrogens with zero attached hydrogens (tertiary/aromatic N) is 1. The predicted octanol–water partition coefficient (Wildman–Crippen LogP) is 2.94. The van der Waals surface area contributed by atoms with Crippen LogP contribution < -0.4 is 5.73 Å². The van der Waals surface area contributed by atoms with E-state index in [1.807, 2.05) is 13.8 Å². The topological polar surface area (TPSA) is 46.3 Å². The molecule has 1 aromatic rings. The third kappa shape index (κ3) is 3.68. The van der Waals surface area contributed by atoms with Crippen LogP contribution in [0.3, 0.4) is 0 Å². The fourth-order valence-corrected chi connectivity index (χ4v) is 1.94. The third-order valence-electron chi connectivity index (χ3n) is 2.22. The third-order valence-corrected chi connectivity index (χ3v) is 2.68. The second-order valence-corrected chi connectivity index (χ2v) is 4.17. The average Bonchev–Trinajstić information content (AvgIpc) is 2.18. The van der Waals surface area contributed by atoms with Gasteiger partial charge in [-0.1, -0.05) is 15.9 Å². The lowest BCUT2D eigenvalue weighted by atomic mass is 10.2. The van der Waals surface area contributed by atoms with E-state index in [4.69, 9.17) is 5.73 Å². The first-order valence-corrected chi connectivity index (χ1v) is 5.73. The Bertz CT molecular complexity index is 347. The minimum absolute atomic E-state index is 0. The van der Waals surface area contributed by atoms with E-state index in [1.54, 1.807) is 23.1 Å². The highest BCUT2D eigenvalue weighted by Crippen LogP contribution is 2.18. The molecule has 0 bridgehead atoms. The highest BCUT2D eigenvalue weighted by Gasteiger charge is 2.12. The van der Waals surface area contributed by atoms with Gasteiger partial charge >= 0.3 is 0 Å². The van der Waals surface area contributed by atoms with E-state index in [2.05, 4.69) is 15.9 Å². The van der Waals surface area contributed by atoms with Crippen molar-refractivity contribution in [2.75, 3.05) is 18.8 Å². The molecule has 16 heavy (non-hydrogen) atoms. The van der Waals surface area contributed by atoms with Crippen molar-refractivity contribution in [3.05, 3.63) is 28.2 Å². The highest BCUT2D eigenvalue weighted by atomic mass is 79.9. The van der Waals surface area contributed by atoms with E-state index in [-0.39, 0.29) is 18.3 Å². The number of nitrogen functional groups attached to an aromatic ring is 1. The van der Waals surface area contributed by atoms with Crippen molar-refractivity contribution in [1.29, 1.82) is 0 Å². The molecule has 0 saturated heterocycles. The van der Waals surface area contributed by atoms with Crippen molar-refractivity contribution in [3.63, 3.8) is 0 Å². The number of hydrogen-bond acceptors (Lipinski definition) is 2. The first kappa shape index (κ1) is 15.3. The van der Waals surface area contributed by atoms with Crippen LogP contribution >= 0.6 is 28.3 Å². The second kappa shape index (κ2) is 6.76. The number of carbonyl (C=O) groups is 1. The van der Waals surface area contributed by atoms with E-state index < -0.39 is 0 Å². The monoisotopic (exact) mass is 306 g/mol. The van der Waals surface area contributed by atoms with Crippen LogP contribution in [0.15, 0.2) is 22.7 Å². The molecule has 0 aromatic heterocycles. The largest absolute Gasteiger partial charge is 0.399 e. The first-order chi connectivity index (χ1) is 7.08. The van der Waals surface area contributed by atoms with Crippen molar-refractivity contribution < 1.29 is 4.79 Å². The zero-order chi connectivity index (χ0) is 11.4. The molecular weight excluding hydrogens is 291 g/mol. The lowest BCUT2D eigenvalue weighted by molar-refractivity contribution is 0.0773. The van der Waals surface area contributed by atoms with Crippen LogP contribution in [-0.4, -0.2) is 23.9 Å². The van der Waals surface area contributed by atoms with Crippen LogP contribution in [0.4, 0.5) is 5.69 Å². The van der Waals surface area contributed by atoms with E-state index in [9.17, 15) is 4.79 Å². The summed E-state index contributed by atoms with van der Waals surface area (Å²) in [6, 6.07) is 5.27. The van der Waals surface area contributed by atoms with Crippen LogP contribution in [0.1, 0.15) is 24.2 Å². The fourth-order valence-electron chi connectivity index (χ4n) is 1.43. The van der Waals surface area contributed by atoms with Gasteiger partial charge in [-0.25, -0.2) is 0 Å². The summed E-state index contributed by atoms with van der Waals surface area (Å²) in [5.74, 6) is 0.0213. The fraction of sp³-hybridized carbons (Fsp3) is 0.364. The SMILES string of the molecule is CCN(CC)C(=O)c1cc(N)cc(Br)c1.Cl. The lowest BCUT2D eigenvalue weighted by Gasteiger charge is -2.18. The second-order valence-electron chi connectivity index (χ2n) is 3.25. The summed E-state index contributed by atoms with van der Waals surface area (Å²) in [5.41, 5.74) is 6.91. The van der Waals surface area contributed by atoms with Gasteiger partial charge in [0, 0.05) is 28.8 Å². The summed E-state index contributed by atoms with van der Waals surface area (Å²) < 4.78 is 0.831. The van der Waals surface area contributed by atoms with Gasteiger partial charge in [0.2, 0.25) is 0 Å². The summed E-state index contributed by atoms with van der Waals surface area (Å²) >= 11 is 3.32. The smallest absolute Gasteiger partial charge is 0.253 e. The summed E-state index contributed by atoms with van der Waals surface area (Å²) in [6.07, 6.45) is 0. The van der Waals surface area contributed by atoms with Gasteiger partial charge in [-0.05, 0) is 32.0 Å². The van der Waals surface area contributed by atoms with Gasteiger partial charge in [-0.15, -0.1) is 12.4 Å². The van der Waals surface area contributed by atoms with Crippen molar-refractivity contribution >= 4 is 39.9 Å². The van der Waals surface area contributed by atoms with Crippen LogP contribution in [-0.2, 0) is 0 Å². The molecule has 0 heterocycles. The molecular formula is C11H16BrClN2O. The molecule has 0 aliphatic heterocycles. The predicted molar refractivity (Wildman–Crippen MR) is 73.1 cm³/mol. The molecule has 1 amide bonds. The Hall–Kier alpha value is -0.740. The molecule has 0 aliphatic rings. The number of halogens is 2. The van der Waals surface area contributed by atoms with Crippen molar-refractivity contribution in [1.82, 2.24) is 4.90 Å². The zero-order valence-corrected chi connectivity index (χ0v) is 11.8. The summed E-state index contributed by atoms with van der Waals surface area (Å²) in [6.45, 7) is 5.34. The lowest BCUT2D eigenvalue weighted by Crippen LogP contribution is -2.30. The number of amides is 1. The average molecular weight is 308 g/mol. The molecule has 0 fully saturated rings. The molecule has 0 radical (unpaired) electrons. The van der Waals surface area contributed by atoms with E-state index in [0.29, 0.717) is 24.3 Å². The minimum Gasteiger partial charge on any atom is -0.399 e. The number of nitrogens with two attached hydrogens (primary N) is 1. The molecule has 90 valence electrons. The first-order valence-electron chi connectivity index (χ1n) is 4.93. The maximum Gasteiger partial charge on any atom is 0.253 e. The van der Waals surface area contributed by atoms with E-state index in [0.717, 1.165) is 4.47 Å². The van der Waals surface area contributed by atoms with Gasteiger partial charge < -0.3 is 10.6 Å². The molecule has 0 saturated carbocycles. The molecule has 0 aliphatic carbocycles. The Morgan fingerprint density at radius 2 is 1.88 bits per heavy atom. The molecule has 0 unspecified atom stereocenters. The van der Waals surface area contributed by atoms with Gasteiger partial charge in [0.05, 0.1) is 0 Å². The van der Waals surface area contributed by atoms with Crippen LogP contribution in [0.5, 0.6) is 0 Å². The van der Waals surface area contributed by atoms with Crippen molar-refractivity contribution in [2.45, 2.75) is 13.8 Å². The Labute approximate surface area is 111 Å². The summed E-state index contributed by atoms with van der Waals surface area (Å²) in [7, 11) is 0. The number of benzene rings is 1. The number of anilines is 1. The molecule has 3 nitrogen and oxygen atoms in total.